The van der Waals surface area contributed by atoms with Crippen LogP contribution in [0.25, 0.3) is 0 Å². The van der Waals surface area contributed by atoms with E-state index in [0.717, 1.165) is 13.0 Å². The number of hydrogen-bond acceptors (Lipinski definition) is 2. The fourth-order valence-corrected chi connectivity index (χ4v) is 1.40. The Morgan fingerprint density at radius 1 is 1.50 bits per heavy atom. The second kappa shape index (κ2) is 3.35. The first-order valence-electron chi connectivity index (χ1n) is 4.06. The largest absolute Gasteiger partial charge is 0.377 e. The molecule has 0 spiro atoms. The standard InChI is InChI=1S/C8H17NO/c1-6(2)9-8-4-7(3)10-5-8/h6-9H,4-5H2,1-3H3. The average molecular weight is 143 g/mol. The molecule has 1 aliphatic rings. The van der Waals surface area contributed by atoms with Crippen LogP contribution >= 0.6 is 0 Å². The Labute approximate surface area is 63.0 Å². The van der Waals surface area contributed by atoms with Crippen molar-refractivity contribution in [3.05, 3.63) is 0 Å². The second-order valence-corrected chi connectivity index (χ2v) is 3.40. The SMILES string of the molecule is CC(C)NC1COC(C)C1. The molecule has 0 aromatic carbocycles. The lowest BCUT2D eigenvalue weighted by molar-refractivity contribution is 0.121. The first-order valence-corrected chi connectivity index (χ1v) is 4.06. The van der Waals surface area contributed by atoms with Crippen LogP contribution in [0.2, 0.25) is 0 Å². The van der Waals surface area contributed by atoms with E-state index in [2.05, 4.69) is 26.1 Å². The zero-order valence-electron chi connectivity index (χ0n) is 7.05. The van der Waals surface area contributed by atoms with Gasteiger partial charge in [0.25, 0.3) is 0 Å². The van der Waals surface area contributed by atoms with Crippen molar-refractivity contribution in [3.63, 3.8) is 0 Å². The van der Waals surface area contributed by atoms with Gasteiger partial charge in [0.1, 0.15) is 0 Å². The molecule has 1 saturated heterocycles. The molecule has 0 aromatic rings. The minimum absolute atomic E-state index is 0.455. The third-order valence-corrected chi connectivity index (χ3v) is 1.77. The van der Waals surface area contributed by atoms with Gasteiger partial charge in [0.15, 0.2) is 0 Å². The molecule has 1 heterocycles. The van der Waals surface area contributed by atoms with Crippen LogP contribution in [0.1, 0.15) is 27.2 Å². The molecule has 0 saturated carbocycles. The summed E-state index contributed by atoms with van der Waals surface area (Å²) in [6.07, 6.45) is 1.62. The lowest BCUT2D eigenvalue weighted by Crippen LogP contribution is -2.34. The first-order chi connectivity index (χ1) is 4.68. The van der Waals surface area contributed by atoms with Gasteiger partial charge in [-0.2, -0.15) is 0 Å². The van der Waals surface area contributed by atoms with Crippen molar-refractivity contribution in [2.45, 2.75) is 45.4 Å². The maximum Gasteiger partial charge on any atom is 0.0624 e. The summed E-state index contributed by atoms with van der Waals surface area (Å²) in [7, 11) is 0. The second-order valence-electron chi connectivity index (χ2n) is 3.40. The maximum atomic E-state index is 5.40. The van der Waals surface area contributed by atoms with Gasteiger partial charge in [0.2, 0.25) is 0 Å². The summed E-state index contributed by atoms with van der Waals surface area (Å²) < 4.78 is 5.40. The van der Waals surface area contributed by atoms with Crippen LogP contribution in [0.3, 0.4) is 0 Å². The van der Waals surface area contributed by atoms with Crippen molar-refractivity contribution >= 4 is 0 Å². The predicted molar refractivity (Wildman–Crippen MR) is 42.1 cm³/mol. The van der Waals surface area contributed by atoms with Gasteiger partial charge in [-0.3, -0.25) is 0 Å². The summed E-state index contributed by atoms with van der Waals surface area (Å²) in [6, 6.07) is 1.17. The molecule has 2 heteroatoms. The van der Waals surface area contributed by atoms with Crippen LogP contribution in [0, 0.1) is 0 Å². The molecule has 0 amide bonds. The normalized spacial score (nSPS) is 33.6. The molecule has 1 aliphatic heterocycles. The highest BCUT2D eigenvalue weighted by Gasteiger charge is 2.21. The quantitative estimate of drug-likeness (QED) is 0.626. The summed E-state index contributed by atoms with van der Waals surface area (Å²) in [4.78, 5) is 0. The van der Waals surface area contributed by atoms with Gasteiger partial charge in [-0.15, -0.1) is 0 Å². The van der Waals surface area contributed by atoms with Crippen LogP contribution in [0.4, 0.5) is 0 Å². The van der Waals surface area contributed by atoms with E-state index >= 15 is 0 Å². The summed E-state index contributed by atoms with van der Waals surface area (Å²) >= 11 is 0. The van der Waals surface area contributed by atoms with E-state index in [1.54, 1.807) is 0 Å². The van der Waals surface area contributed by atoms with Crippen molar-refractivity contribution in [1.29, 1.82) is 0 Å². The van der Waals surface area contributed by atoms with E-state index in [1.165, 1.54) is 0 Å². The van der Waals surface area contributed by atoms with Gasteiger partial charge in [-0.25, -0.2) is 0 Å². The van der Waals surface area contributed by atoms with Gasteiger partial charge in [0, 0.05) is 12.1 Å². The van der Waals surface area contributed by atoms with E-state index in [4.69, 9.17) is 4.74 Å². The molecule has 1 N–H and O–H groups in total. The van der Waals surface area contributed by atoms with Crippen molar-refractivity contribution in [2.24, 2.45) is 0 Å². The van der Waals surface area contributed by atoms with Crippen molar-refractivity contribution in [1.82, 2.24) is 5.32 Å². The molecule has 0 bridgehead atoms. The zero-order chi connectivity index (χ0) is 7.56. The monoisotopic (exact) mass is 143 g/mol. The van der Waals surface area contributed by atoms with E-state index in [0.29, 0.717) is 18.2 Å². The fourth-order valence-electron chi connectivity index (χ4n) is 1.40. The highest BCUT2D eigenvalue weighted by Crippen LogP contribution is 2.12. The third kappa shape index (κ3) is 2.27. The Morgan fingerprint density at radius 3 is 2.60 bits per heavy atom. The molecule has 0 radical (unpaired) electrons. The number of ether oxygens (including phenoxy) is 1. The molecule has 1 fully saturated rings. The van der Waals surface area contributed by atoms with E-state index in [-0.39, 0.29) is 0 Å². The minimum Gasteiger partial charge on any atom is -0.377 e. The van der Waals surface area contributed by atoms with Crippen LogP contribution in [0.15, 0.2) is 0 Å². The van der Waals surface area contributed by atoms with Crippen LogP contribution in [0.5, 0.6) is 0 Å². The topological polar surface area (TPSA) is 21.3 Å². The average Bonchev–Trinajstić information content (AvgIpc) is 2.13. The first kappa shape index (κ1) is 8.02. The smallest absolute Gasteiger partial charge is 0.0624 e. The molecule has 0 aromatic heterocycles. The summed E-state index contributed by atoms with van der Waals surface area (Å²) in [6.45, 7) is 7.35. The van der Waals surface area contributed by atoms with Crippen LogP contribution in [-0.2, 0) is 4.74 Å². The van der Waals surface area contributed by atoms with E-state index < -0.39 is 0 Å². The summed E-state index contributed by atoms with van der Waals surface area (Å²) in [5.74, 6) is 0. The molecular formula is C8H17NO. The Hall–Kier alpha value is -0.0800. The number of rotatable bonds is 2. The minimum atomic E-state index is 0.455. The molecule has 60 valence electrons. The van der Waals surface area contributed by atoms with E-state index in [9.17, 15) is 0 Å². The van der Waals surface area contributed by atoms with Gasteiger partial charge in [-0.05, 0) is 13.3 Å². The number of nitrogens with one attached hydrogen (secondary N) is 1. The van der Waals surface area contributed by atoms with Gasteiger partial charge >= 0.3 is 0 Å². The summed E-state index contributed by atoms with van der Waals surface area (Å²) in [5.41, 5.74) is 0. The van der Waals surface area contributed by atoms with Crippen molar-refractivity contribution < 1.29 is 4.74 Å². The molecule has 0 aliphatic carbocycles. The maximum absolute atomic E-state index is 5.40. The van der Waals surface area contributed by atoms with E-state index in [1.807, 2.05) is 0 Å². The third-order valence-electron chi connectivity index (χ3n) is 1.77. The highest BCUT2D eigenvalue weighted by atomic mass is 16.5. The zero-order valence-corrected chi connectivity index (χ0v) is 7.05. The molecule has 1 rings (SSSR count). The van der Waals surface area contributed by atoms with Crippen molar-refractivity contribution in [2.75, 3.05) is 6.61 Å². The molecule has 2 unspecified atom stereocenters. The Balaban J connectivity index is 2.18. The van der Waals surface area contributed by atoms with Gasteiger partial charge in [-0.1, -0.05) is 13.8 Å². The Bertz CT molecular complexity index is 103. The Morgan fingerprint density at radius 2 is 2.20 bits per heavy atom. The molecular weight excluding hydrogens is 126 g/mol. The van der Waals surface area contributed by atoms with Crippen molar-refractivity contribution in [3.8, 4) is 0 Å². The molecule has 2 nitrogen and oxygen atoms in total. The lowest BCUT2D eigenvalue weighted by Gasteiger charge is -2.13. The number of hydrogen-bond donors (Lipinski definition) is 1. The highest BCUT2D eigenvalue weighted by molar-refractivity contribution is 4.77. The Kier molecular flexibility index (Phi) is 2.69. The predicted octanol–water partition coefficient (Wildman–Crippen LogP) is 1.16. The van der Waals surface area contributed by atoms with Gasteiger partial charge < -0.3 is 10.1 Å². The molecule has 2 atom stereocenters. The van der Waals surface area contributed by atoms with Crippen LogP contribution in [-0.4, -0.2) is 24.8 Å². The van der Waals surface area contributed by atoms with Crippen LogP contribution < -0.4 is 5.32 Å². The lowest BCUT2D eigenvalue weighted by atomic mass is 10.2. The van der Waals surface area contributed by atoms with Gasteiger partial charge in [0.05, 0.1) is 12.7 Å². The molecule has 10 heavy (non-hydrogen) atoms. The fraction of sp³-hybridized carbons (Fsp3) is 1.00. The summed E-state index contributed by atoms with van der Waals surface area (Å²) in [5, 5.41) is 3.45.